The number of phenols is 1. The van der Waals surface area contributed by atoms with Gasteiger partial charge in [-0.1, -0.05) is 12.1 Å². The molecule has 1 aliphatic rings. The molecule has 0 aromatic heterocycles. The molecular formula is C14H21NO2. The fraction of sp³-hybridized carbons (Fsp3) is 0.571. The van der Waals surface area contributed by atoms with Crippen LogP contribution in [0.2, 0.25) is 0 Å². The molecule has 0 fully saturated rings. The minimum Gasteiger partial charge on any atom is -0.508 e. The van der Waals surface area contributed by atoms with Crippen molar-refractivity contribution in [2.24, 2.45) is 0 Å². The highest BCUT2D eigenvalue weighted by Gasteiger charge is 2.24. The van der Waals surface area contributed by atoms with Crippen LogP contribution in [-0.4, -0.2) is 37.3 Å². The van der Waals surface area contributed by atoms with Gasteiger partial charge in [0.1, 0.15) is 5.75 Å². The number of fused-ring (bicyclic) bond motifs is 1. The molecule has 0 saturated heterocycles. The molecule has 0 heterocycles. The summed E-state index contributed by atoms with van der Waals surface area (Å²) in [5, 5.41) is 9.89. The van der Waals surface area contributed by atoms with Crippen molar-refractivity contribution in [1.82, 2.24) is 4.90 Å². The van der Waals surface area contributed by atoms with Crippen LogP contribution >= 0.6 is 0 Å². The highest BCUT2D eigenvalue weighted by molar-refractivity contribution is 5.42. The Hall–Kier alpha value is -1.06. The van der Waals surface area contributed by atoms with Crippen LogP contribution in [0.15, 0.2) is 18.2 Å². The monoisotopic (exact) mass is 235 g/mol. The lowest BCUT2D eigenvalue weighted by Gasteiger charge is -2.33. The summed E-state index contributed by atoms with van der Waals surface area (Å²) in [6.07, 6.45) is 3.31. The van der Waals surface area contributed by atoms with E-state index in [0.717, 1.165) is 38.0 Å². The number of rotatable bonds is 4. The van der Waals surface area contributed by atoms with E-state index < -0.39 is 0 Å². The standard InChI is InChI=1S/C14H21NO2/c1-15(9-10-17-2)13-7-3-6-12-11(13)5-4-8-14(12)16/h4-5,8,13,16H,3,6-7,9-10H2,1-2H3. The van der Waals surface area contributed by atoms with Crippen LogP contribution in [0.1, 0.15) is 30.0 Å². The number of methoxy groups -OCH3 is 1. The van der Waals surface area contributed by atoms with Gasteiger partial charge in [0.25, 0.3) is 0 Å². The fourth-order valence-corrected chi connectivity index (χ4v) is 2.65. The Labute approximate surface area is 103 Å². The number of hydrogen-bond acceptors (Lipinski definition) is 3. The molecule has 17 heavy (non-hydrogen) atoms. The molecule has 0 bridgehead atoms. The van der Waals surface area contributed by atoms with E-state index in [4.69, 9.17) is 4.74 Å². The van der Waals surface area contributed by atoms with Crippen molar-refractivity contribution < 1.29 is 9.84 Å². The molecule has 1 aliphatic carbocycles. The second-order valence-corrected chi connectivity index (χ2v) is 4.73. The first-order valence-electron chi connectivity index (χ1n) is 6.24. The van der Waals surface area contributed by atoms with E-state index in [1.807, 2.05) is 6.07 Å². The summed E-state index contributed by atoms with van der Waals surface area (Å²) >= 11 is 0. The van der Waals surface area contributed by atoms with E-state index in [1.165, 1.54) is 5.56 Å². The molecule has 1 N–H and O–H groups in total. The van der Waals surface area contributed by atoms with Gasteiger partial charge < -0.3 is 9.84 Å². The number of aromatic hydroxyl groups is 1. The van der Waals surface area contributed by atoms with Gasteiger partial charge >= 0.3 is 0 Å². The summed E-state index contributed by atoms with van der Waals surface area (Å²) in [5.41, 5.74) is 2.42. The van der Waals surface area contributed by atoms with E-state index in [-0.39, 0.29) is 0 Å². The zero-order chi connectivity index (χ0) is 12.3. The van der Waals surface area contributed by atoms with Crippen LogP contribution in [0.25, 0.3) is 0 Å². The summed E-state index contributed by atoms with van der Waals surface area (Å²) in [7, 11) is 3.86. The van der Waals surface area contributed by atoms with E-state index in [0.29, 0.717) is 11.8 Å². The number of ether oxygens (including phenoxy) is 1. The third-order valence-corrected chi connectivity index (χ3v) is 3.63. The van der Waals surface area contributed by atoms with Crippen LogP contribution in [0.3, 0.4) is 0 Å². The van der Waals surface area contributed by atoms with Crippen molar-refractivity contribution in [2.45, 2.75) is 25.3 Å². The smallest absolute Gasteiger partial charge is 0.119 e. The van der Waals surface area contributed by atoms with Gasteiger partial charge in [-0.15, -0.1) is 0 Å². The average Bonchev–Trinajstić information content (AvgIpc) is 2.36. The fourth-order valence-electron chi connectivity index (χ4n) is 2.65. The average molecular weight is 235 g/mol. The summed E-state index contributed by atoms with van der Waals surface area (Å²) in [6.45, 7) is 1.68. The van der Waals surface area contributed by atoms with E-state index in [2.05, 4.69) is 18.0 Å². The van der Waals surface area contributed by atoms with Gasteiger partial charge in [0.15, 0.2) is 0 Å². The Bertz CT molecular complexity index is 378. The Morgan fingerprint density at radius 2 is 2.29 bits per heavy atom. The third-order valence-electron chi connectivity index (χ3n) is 3.63. The lowest BCUT2D eigenvalue weighted by Crippen LogP contribution is -2.30. The molecule has 1 atom stereocenters. The van der Waals surface area contributed by atoms with Crippen molar-refractivity contribution >= 4 is 0 Å². The summed E-state index contributed by atoms with van der Waals surface area (Å²) < 4.78 is 5.12. The first kappa shape index (κ1) is 12.4. The van der Waals surface area contributed by atoms with Crippen molar-refractivity contribution in [3.63, 3.8) is 0 Å². The van der Waals surface area contributed by atoms with Gasteiger partial charge in [-0.05, 0) is 43.5 Å². The molecule has 94 valence electrons. The van der Waals surface area contributed by atoms with Crippen LogP contribution in [0.5, 0.6) is 5.75 Å². The zero-order valence-electron chi connectivity index (χ0n) is 10.6. The lowest BCUT2D eigenvalue weighted by atomic mass is 9.86. The first-order valence-corrected chi connectivity index (χ1v) is 6.24. The van der Waals surface area contributed by atoms with Crippen molar-refractivity contribution in [2.75, 3.05) is 27.3 Å². The Morgan fingerprint density at radius 1 is 1.47 bits per heavy atom. The Balaban J connectivity index is 2.19. The van der Waals surface area contributed by atoms with Gasteiger partial charge in [0, 0.05) is 19.7 Å². The zero-order valence-corrected chi connectivity index (χ0v) is 10.6. The van der Waals surface area contributed by atoms with E-state index >= 15 is 0 Å². The van der Waals surface area contributed by atoms with Gasteiger partial charge in [0.2, 0.25) is 0 Å². The van der Waals surface area contributed by atoms with Crippen LogP contribution in [-0.2, 0) is 11.2 Å². The minimum atomic E-state index is 0.418. The molecule has 1 unspecified atom stereocenters. The van der Waals surface area contributed by atoms with E-state index in [1.54, 1.807) is 13.2 Å². The molecule has 0 spiro atoms. The largest absolute Gasteiger partial charge is 0.508 e. The molecule has 0 saturated carbocycles. The van der Waals surface area contributed by atoms with Gasteiger partial charge in [0.05, 0.1) is 6.61 Å². The predicted molar refractivity (Wildman–Crippen MR) is 68.3 cm³/mol. The highest BCUT2D eigenvalue weighted by Crippen LogP contribution is 2.37. The van der Waals surface area contributed by atoms with Gasteiger partial charge in [-0.2, -0.15) is 0 Å². The van der Waals surface area contributed by atoms with Gasteiger partial charge in [-0.3, -0.25) is 4.90 Å². The Morgan fingerprint density at radius 3 is 3.06 bits per heavy atom. The molecular weight excluding hydrogens is 214 g/mol. The first-order chi connectivity index (χ1) is 8.24. The van der Waals surface area contributed by atoms with Gasteiger partial charge in [-0.25, -0.2) is 0 Å². The second kappa shape index (κ2) is 5.52. The number of nitrogens with zero attached hydrogens (tertiary/aromatic N) is 1. The topological polar surface area (TPSA) is 32.7 Å². The summed E-state index contributed by atoms with van der Waals surface area (Å²) in [5.74, 6) is 0.451. The Kier molecular flexibility index (Phi) is 4.02. The number of hydrogen-bond donors (Lipinski definition) is 1. The summed E-state index contributed by atoms with van der Waals surface area (Å²) in [6, 6.07) is 6.29. The number of phenolic OH excluding ortho intramolecular Hbond substituents is 1. The molecule has 1 aromatic rings. The molecule has 3 nitrogen and oxygen atoms in total. The van der Waals surface area contributed by atoms with Crippen LogP contribution in [0.4, 0.5) is 0 Å². The molecule has 0 aliphatic heterocycles. The number of likely N-dealkylation sites (N-methyl/N-ethyl adjacent to an activating group) is 1. The van der Waals surface area contributed by atoms with Crippen LogP contribution < -0.4 is 0 Å². The maximum absolute atomic E-state index is 9.89. The van der Waals surface area contributed by atoms with Crippen molar-refractivity contribution in [3.05, 3.63) is 29.3 Å². The van der Waals surface area contributed by atoms with Crippen molar-refractivity contribution in [1.29, 1.82) is 0 Å². The highest BCUT2D eigenvalue weighted by atomic mass is 16.5. The quantitative estimate of drug-likeness (QED) is 0.869. The molecule has 1 aromatic carbocycles. The molecule has 3 heteroatoms. The van der Waals surface area contributed by atoms with E-state index in [9.17, 15) is 5.11 Å². The second-order valence-electron chi connectivity index (χ2n) is 4.73. The minimum absolute atomic E-state index is 0.418. The molecule has 0 amide bonds. The third kappa shape index (κ3) is 2.61. The summed E-state index contributed by atoms with van der Waals surface area (Å²) in [4.78, 5) is 2.32. The number of benzene rings is 1. The lowest BCUT2D eigenvalue weighted by molar-refractivity contribution is 0.132. The maximum atomic E-state index is 9.89. The van der Waals surface area contributed by atoms with Crippen LogP contribution in [0, 0.1) is 0 Å². The maximum Gasteiger partial charge on any atom is 0.119 e. The predicted octanol–water partition coefficient (Wildman–Crippen LogP) is 2.35. The SMILES string of the molecule is COCCN(C)C1CCCc2c(O)cccc21. The molecule has 0 radical (unpaired) electrons. The normalized spacial score (nSPS) is 19.4. The molecule has 2 rings (SSSR count). The van der Waals surface area contributed by atoms with Crippen molar-refractivity contribution in [3.8, 4) is 5.75 Å².